The Labute approximate surface area is 111 Å². The van der Waals surface area contributed by atoms with E-state index in [2.05, 4.69) is 29.8 Å². The van der Waals surface area contributed by atoms with Crippen molar-refractivity contribution in [2.24, 2.45) is 5.92 Å². The summed E-state index contributed by atoms with van der Waals surface area (Å²) in [5, 5.41) is 1.46. The fourth-order valence-corrected chi connectivity index (χ4v) is 2.31. The van der Waals surface area contributed by atoms with Gasteiger partial charge in [-0.1, -0.05) is 59.9 Å². The smallest absolute Gasteiger partial charge is 0.141 e. The van der Waals surface area contributed by atoms with Crippen LogP contribution in [0.2, 0.25) is 5.02 Å². The van der Waals surface area contributed by atoms with Crippen molar-refractivity contribution in [3.05, 3.63) is 28.8 Å². The summed E-state index contributed by atoms with van der Waals surface area (Å²) < 4.78 is 5.81. The molecule has 0 N–H and O–H groups in total. The van der Waals surface area contributed by atoms with Crippen molar-refractivity contribution in [3.8, 4) is 5.75 Å². The molecule has 16 heavy (non-hydrogen) atoms. The van der Waals surface area contributed by atoms with Crippen LogP contribution in [0.1, 0.15) is 32.3 Å². The number of halogens is 2. The summed E-state index contributed by atoms with van der Waals surface area (Å²) in [5.41, 5.74) is 1.11. The summed E-state index contributed by atoms with van der Waals surface area (Å²) in [4.78, 5) is 0. The first-order valence-corrected chi connectivity index (χ1v) is 7.15. The number of hydrogen-bond acceptors (Lipinski definition) is 1. The molecule has 0 aromatic heterocycles. The molecule has 0 aliphatic carbocycles. The van der Waals surface area contributed by atoms with E-state index in [0.717, 1.165) is 23.2 Å². The highest BCUT2D eigenvalue weighted by Gasteiger charge is 2.09. The maximum absolute atomic E-state index is 6.12. The van der Waals surface area contributed by atoms with Crippen LogP contribution in [0.3, 0.4) is 0 Å². The molecule has 0 bridgehead atoms. The van der Waals surface area contributed by atoms with Crippen LogP contribution in [0.4, 0.5) is 0 Å². The molecule has 1 unspecified atom stereocenters. The van der Waals surface area contributed by atoms with E-state index in [1.54, 1.807) is 0 Å². The molecule has 0 fully saturated rings. The largest absolute Gasteiger partial charge is 0.491 e. The van der Waals surface area contributed by atoms with Gasteiger partial charge in [0.2, 0.25) is 0 Å². The van der Waals surface area contributed by atoms with Crippen molar-refractivity contribution in [3.63, 3.8) is 0 Å². The van der Waals surface area contributed by atoms with Gasteiger partial charge < -0.3 is 4.74 Å². The summed E-state index contributed by atoms with van der Waals surface area (Å²) in [5.74, 6) is 1.40. The van der Waals surface area contributed by atoms with Crippen molar-refractivity contribution in [2.45, 2.75) is 32.0 Å². The molecule has 1 aromatic rings. The molecule has 0 aliphatic heterocycles. The summed E-state index contributed by atoms with van der Waals surface area (Å²) in [7, 11) is 0. The Morgan fingerprint density at radius 3 is 2.81 bits per heavy atom. The van der Waals surface area contributed by atoms with E-state index in [9.17, 15) is 0 Å². The zero-order valence-corrected chi connectivity index (χ0v) is 12.1. The van der Waals surface area contributed by atoms with Crippen LogP contribution < -0.4 is 4.74 Å². The van der Waals surface area contributed by atoms with E-state index in [0.29, 0.717) is 10.9 Å². The Kier molecular flexibility index (Phi) is 6.22. The summed E-state index contributed by atoms with van der Waals surface area (Å²) >= 11 is 9.56. The maximum Gasteiger partial charge on any atom is 0.141 e. The lowest BCUT2D eigenvalue weighted by Gasteiger charge is -2.15. The third kappa shape index (κ3) is 3.99. The van der Waals surface area contributed by atoms with Gasteiger partial charge in [0.1, 0.15) is 5.75 Å². The molecular weight excluding hydrogens is 287 g/mol. The van der Waals surface area contributed by atoms with Crippen LogP contribution in [0.15, 0.2) is 18.2 Å². The van der Waals surface area contributed by atoms with Crippen molar-refractivity contribution >= 4 is 27.5 Å². The minimum Gasteiger partial charge on any atom is -0.491 e. The van der Waals surface area contributed by atoms with Gasteiger partial charge in [0.25, 0.3) is 0 Å². The second kappa shape index (κ2) is 7.18. The van der Waals surface area contributed by atoms with Gasteiger partial charge in [-0.25, -0.2) is 0 Å². The average Bonchev–Trinajstić information content (AvgIpc) is 2.27. The SMILES string of the molecule is CCCC(C)COc1c(Cl)cccc1CBr. The Hall–Kier alpha value is -0.210. The van der Waals surface area contributed by atoms with Crippen molar-refractivity contribution < 1.29 is 4.74 Å². The second-order valence-electron chi connectivity index (χ2n) is 4.07. The average molecular weight is 306 g/mol. The minimum absolute atomic E-state index is 0.574. The molecule has 3 heteroatoms. The van der Waals surface area contributed by atoms with Crippen LogP contribution >= 0.6 is 27.5 Å². The molecular formula is C13H18BrClO. The third-order valence-electron chi connectivity index (χ3n) is 2.49. The Morgan fingerprint density at radius 2 is 2.19 bits per heavy atom. The van der Waals surface area contributed by atoms with Crippen LogP contribution in [-0.4, -0.2) is 6.61 Å². The van der Waals surface area contributed by atoms with Gasteiger partial charge in [0, 0.05) is 10.9 Å². The zero-order valence-electron chi connectivity index (χ0n) is 9.80. The quantitative estimate of drug-likeness (QED) is 0.668. The van der Waals surface area contributed by atoms with Gasteiger partial charge >= 0.3 is 0 Å². The molecule has 1 aromatic carbocycles. The molecule has 1 nitrogen and oxygen atoms in total. The fourth-order valence-electron chi connectivity index (χ4n) is 1.62. The molecule has 90 valence electrons. The number of para-hydroxylation sites is 1. The predicted octanol–water partition coefficient (Wildman–Crippen LogP) is 5.05. The standard InChI is InChI=1S/C13H18BrClO/c1-3-5-10(2)9-16-13-11(8-14)6-4-7-12(13)15/h4,6-7,10H,3,5,8-9H2,1-2H3. The van der Waals surface area contributed by atoms with Crippen molar-refractivity contribution in [1.29, 1.82) is 0 Å². The number of rotatable bonds is 6. The maximum atomic E-state index is 6.12. The van der Waals surface area contributed by atoms with E-state index < -0.39 is 0 Å². The summed E-state index contributed by atoms with van der Waals surface area (Å²) in [6.07, 6.45) is 2.38. The lowest BCUT2D eigenvalue weighted by molar-refractivity contribution is 0.250. The van der Waals surface area contributed by atoms with Crippen LogP contribution in [0.25, 0.3) is 0 Å². The fraction of sp³-hybridized carbons (Fsp3) is 0.538. The van der Waals surface area contributed by atoms with E-state index in [1.807, 2.05) is 18.2 Å². The minimum atomic E-state index is 0.574. The number of alkyl halides is 1. The topological polar surface area (TPSA) is 9.23 Å². The first-order valence-electron chi connectivity index (χ1n) is 5.65. The molecule has 0 aliphatic rings. The number of hydrogen-bond donors (Lipinski definition) is 0. The highest BCUT2D eigenvalue weighted by atomic mass is 79.9. The van der Waals surface area contributed by atoms with Gasteiger partial charge in [0.15, 0.2) is 0 Å². The van der Waals surface area contributed by atoms with Crippen molar-refractivity contribution in [1.82, 2.24) is 0 Å². The highest BCUT2D eigenvalue weighted by Crippen LogP contribution is 2.30. The molecule has 0 radical (unpaired) electrons. The second-order valence-corrected chi connectivity index (χ2v) is 5.03. The lowest BCUT2D eigenvalue weighted by Crippen LogP contribution is -2.09. The molecule has 1 atom stereocenters. The predicted molar refractivity (Wildman–Crippen MR) is 73.7 cm³/mol. The molecule has 0 saturated heterocycles. The van der Waals surface area contributed by atoms with E-state index in [1.165, 1.54) is 12.8 Å². The molecule has 0 amide bonds. The highest BCUT2D eigenvalue weighted by molar-refractivity contribution is 9.08. The number of benzene rings is 1. The van der Waals surface area contributed by atoms with E-state index in [-0.39, 0.29) is 0 Å². The van der Waals surface area contributed by atoms with Crippen LogP contribution in [-0.2, 0) is 5.33 Å². The zero-order chi connectivity index (χ0) is 12.0. The molecule has 0 spiro atoms. The number of ether oxygens (including phenoxy) is 1. The van der Waals surface area contributed by atoms with Gasteiger partial charge in [-0.2, -0.15) is 0 Å². The molecule has 0 heterocycles. The lowest BCUT2D eigenvalue weighted by atomic mass is 10.1. The Balaban J connectivity index is 2.65. The van der Waals surface area contributed by atoms with Crippen LogP contribution in [0, 0.1) is 5.92 Å². The monoisotopic (exact) mass is 304 g/mol. The van der Waals surface area contributed by atoms with Crippen molar-refractivity contribution in [2.75, 3.05) is 6.61 Å². The van der Waals surface area contributed by atoms with Gasteiger partial charge in [0.05, 0.1) is 11.6 Å². The Morgan fingerprint density at radius 1 is 1.44 bits per heavy atom. The molecule has 0 saturated carbocycles. The summed E-state index contributed by atoms with van der Waals surface area (Å²) in [6, 6.07) is 5.84. The van der Waals surface area contributed by atoms with Gasteiger partial charge in [-0.05, 0) is 18.4 Å². The summed E-state index contributed by atoms with van der Waals surface area (Å²) in [6.45, 7) is 5.13. The Bertz CT molecular complexity index is 328. The normalized spacial score (nSPS) is 12.5. The van der Waals surface area contributed by atoms with Crippen LogP contribution in [0.5, 0.6) is 5.75 Å². The molecule has 1 rings (SSSR count). The van der Waals surface area contributed by atoms with Gasteiger partial charge in [-0.3, -0.25) is 0 Å². The first-order chi connectivity index (χ1) is 7.69. The van der Waals surface area contributed by atoms with E-state index >= 15 is 0 Å². The van der Waals surface area contributed by atoms with Gasteiger partial charge in [-0.15, -0.1) is 0 Å². The first kappa shape index (κ1) is 13.9. The van der Waals surface area contributed by atoms with E-state index in [4.69, 9.17) is 16.3 Å². The third-order valence-corrected chi connectivity index (χ3v) is 3.39.